The van der Waals surface area contributed by atoms with Crippen molar-refractivity contribution in [1.82, 2.24) is 4.98 Å². The number of benzene rings is 2. The fourth-order valence-electron chi connectivity index (χ4n) is 2.01. The highest BCUT2D eigenvalue weighted by atomic mass is 79.9. The summed E-state index contributed by atoms with van der Waals surface area (Å²) < 4.78 is 7.03. The second kappa shape index (κ2) is 7.14. The van der Waals surface area contributed by atoms with Gasteiger partial charge in [-0.1, -0.05) is 34.5 Å². The zero-order chi connectivity index (χ0) is 17.3. The minimum absolute atomic E-state index is 0.179. The van der Waals surface area contributed by atoms with Crippen LogP contribution in [0.4, 0.5) is 10.8 Å². The summed E-state index contributed by atoms with van der Waals surface area (Å²) in [6.45, 7) is -0.179. The molecule has 0 saturated heterocycles. The summed E-state index contributed by atoms with van der Waals surface area (Å²) in [7, 11) is 0. The van der Waals surface area contributed by atoms with Gasteiger partial charge in [-0.3, -0.25) is 4.79 Å². The van der Waals surface area contributed by atoms with Crippen LogP contribution in [0.5, 0.6) is 5.75 Å². The molecule has 2 aromatic carbocycles. The van der Waals surface area contributed by atoms with Gasteiger partial charge in [0.15, 0.2) is 11.7 Å². The Balaban J connectivity index is 1.68. The summed E-state index contributed by atoms with van der Waals surface area (Å²) >= 11 is 16.6. The first-order valence-electron chi connectivity index (χ1n) is 6.65. The lowest BCUT2D eigenvalue weighted by Gasteiger charge is -2.09. The molecule has 1 heterocycles. The molecule has 0 saturated carbocycles. The first-order chi connectivity index (χ1) is 11.4. The Bertz CT molecular complexity index is 932. The van der Waals surface area contributed by atoms with Crippen molar-refractivity contribution in [3.05, 3.63) is 44.8 Å². The number of fused-ring (bicyclic) bond motifs is 1. The van der Waals surface area contributed by atoms with E-state index in [1.165, 1.54) is 11.3 Å². The van der Waals surface area contributed by atoms with Crippen LogP contribution in [0.3, 0.4) is 0 Å². The normalized spacial score (nSPS) is 10.8. The molecule has 1 aromatic heterocycles. The molecule has 0 radical (unpaired) electrons. The lowest BCUT2D eigenvalue weighted by Crippen LogP contribution is -2.20. The van der Waals surface area contributed by atoms with Crippen molar-refractivity contribution in [3.8, 4) is 5.75 Å². The van der Waals surface area contributed by atoms with Crippen molar-refractivity contribution in [2.45, 2.75) is 0 Å². The number of nitrogens with one attached hydrogen (secondary N) is 1. The van der Waals surface area contributed by atoms with Crippen molar-refractivity contribution >= 4 is 77.4 Å². The number of ether oxygens (including phenoxy) is 1. The van der Waals surface area contributed by atoms with E-state index in [2.05, 4.69) is 26.2 Å². The summed E-state index contributed by atoms with van der Waals surface area (Å²) in [5.41, 5.74) is 7.09. The smallest absolute Gasteiger partial charge is 0.262 e. The zero-order valence-electron chi connectivity index (χ0n) is 12.0. The average Bonchev–Trinajstić information content (AvgIpc) is 2.87. The van der Waals surface area contributed by atoms with E-state index in [0.29, 0.717) is 26.6 Å². The second-order valence-corrected chi connectivity index (χ2v) is 7.53. The maximum Gasteiger partial charge on any atom is 0.262 e. The highest BCUT2D eigenvalue weighted by Crippen LogP contribution is 2.33. The van der Waals surface area contributed by atoms with Gasteiger partial charge in [0.2, 0.25) is 0 Å². The molecule has 0 spiro atoms. The van der Waals surface area contributed by atoms with Crippen LogP contribution in [0.2, 0.25) is 10.0 Å². The maximum atomic E-state index is 12.1. The van der Waals surface area contributed by atoms with E-state index in [1.807, 2.05) is 0 Å². The minimum atomic E-state index is -0.315. The molecule has 3 aromatic rings. The van der Waals surface area contributed by atoms with Crippen LogP contribution in [-0.2, 0) is 4.79 Å². The Morgan fingerprint density at radius 3 is 2.88 bits per heavy atom. The topological polar surface area (TPSA) is 77.2 Å². The molecule has 9 heteroatoms. The number of thiazole rings is 1. The number of hydrogen-bond donors (Lipinski definition) is 2. The molecule has 0 aliphatic carbocycles. The molecule has 3 N–H and O–H groups in total. The zero-order valence-corrected chi connectivity index (χ0v) is 15.9. The largest absolute Gasteiger partial charge is 0.482 e. The monoisotopic (exact) mass is 445 g/mol. The Labute approximate surface area is 159 Å². The van der Waals surface area contributed by atoms with Crippen molar-refractivity contribution in [2.75, 3.05) is 17.7 Å². The molecule has 5 nitrogen and oxygen atoms in total. The summed E-state index contributed by atoms with van der Waals surface area (Å²) in [5, 5.41) is 4.07. The van der Waals surface area contributed by atoms with Gasteiger partial charge in [-0.05, 0) is 46.3 Å². The Hall–Kier alpha value is -1.54. The number of halogens is 3. The summed E-state index contributed by atoms with van der Waals surface area (Å²) in [6.07, 6.45) is 0. The number of nitrogens with zero attached hydrogens (tertiary/aromatic N) is 1. The van der Waals surface area contributed by atoms with Gasteiger partial charge < -0.3 is 15.8 Å². The number of hydrogen-bond acceptors (Lipinski definition) is 5. The van der Waals surface area contributed by atoms with Crippen LogP contribution in [-0.4, -0.2) is 17.5 Å². The lowest BCUT2D eigenvalue weighted by molar-refractivity contribution is -0.118. The summed E-state index contributed by atoms with van der Waals surface area (Å²) in [6, 6.07) is 8.37. The van der Waals surface area contributed by atoms with Gasteiger partial charge in [-0.25, -0.2) is 4.98 Å². The third kappa shape index (κ3) is 3.92. The van der Waals surface area contributed by atoms with Gasteiger partial charge in [0.25, 0.3) is 5.91 Å². The van der Waals surface area contributed by atoms with Gasteiger partial charge in [0.1, 0.15) is 5.75 Å². The predicted octanol–water partition coefficient (Wildman–Crippen LogP) is 4.97. The van der Waals surface area contributed by atoms with E-state index in [0.717, 1.165) is 14.7 Å². The molecule has 0 aliphatic rings. The van der Waals surface area contributed by atoms with Crippen LogP contribution < -0.4 is 15.8 Å². The summed E-state index contributed by atoms with van der Waals surface area (Å²) in [5.74, 6) is 0.0767. The number of aromatic nitrogens is 1. The molecule has 124 valence electrons. The molecule has 3 rings (SSSR count). The van der Waals surface area contributed by atoms with Gasteiger partial charge in [-0.15, -0.1) is 0 Å². The maximum absolute atomic E-state index is 12.1. The molecular formula is C15H10BrCl2N3O2S. The fraction of sp³-hybridized carbons (Fsp3) is 0.0667. The molecule has 0 atom stereocenters. The highest BCUT2D eigenvalue weighted by Gasteiger charge is 2.11. The van der Waals surface area contributed by atoms with Gasteiger partial charge >= 0.3 is 0 Å². The third-order valence-corrected chi connectivity index (χ3v) is 4.97. The van der Waals surface area contributed by atoms with Crippen molar-refractivity contribution in [1.29, 1.82) is 0 Å². The fourth-order valence-corrected chi connectivity index (χ4v) is 3.95. The van der Waals surface area contributed by atoms with Crippen molar-refractivity contribution < 1.29 is 9.53 Å². The van der Waals surface area contributed by atoms with Gasteiger partial charge in [0, 0.05) is 15.2 Å². The average molecular weight is 447 g/mol. The number of anilines is 2. The van der Waals surface area contributed by atoms with Crippen LogP contribution in [0, 0.1) is 0 Å². The molecule has 24 heavy (non-hydrogen) atoms. The summed E-state index contributed by atoms with van der Waals surface area (Å²) in [4.78, 5) is 16.3. The van der Waals surface area contributed by atoms with E-state index in [1.54, 1.807) is 30.3 Å². The van der Waals surface area contributed by atoms with E-state index in [4.69, 9.17) is 33.7 Å². The van der Waals surface area contributed by atoms with Crippen LogP contribution in [0.25, 0.3) is 10.2 Å². The second-order valence-electron chi connectivity index (χ2n) is 4.77. The Morgan fingerprint density at radius 1 is 1.33 bits per heavy atom. The molecule has 0 aliphatic heterocycles. The Kier molecular flexibility index (Phi) is 5.15. The van der Waals surface area contributed by atoms with E-state index < -0.39 is 0 Å². The number of carbonyl (C=O) groups is 1. The number of nitrogen functional groups attached to an aromatic ring is 1. The van der Waals surface area contributed by atoms with Crippen LogP contribution in [0.1, 0.15) is 0 Å². The molecule has 0 unspecified atom stereocenters. The number of nitrogens with two attached hydrogens (primary N) is 1. The number of carbonyl (C=O) groups excluding carboxylic acids is 1. The first-order valence-corrected chi connectivity index (χ1v) is 9.02. The highest BCUT2D eigenvalue weighted by molar-refractivity contribution is 9.10. The minimum Gasteiger partial charge on any atom is -0.482 e. The first kappa shape index (κ1) is 17.3. The Morgan fingerprint density at radius 2 is 2.12 bits per heavy atom. The van der Waals surface area contributed by atoms with Crippen molar-refractivity contribution in [2.24, 2.45) is 0 Å². The number of rotatable bonds is 4. The third-order valence-electron chi connectivity index (χ3n) is 3.00. The van der Waals surface area contributed by atoms with Gasteiger partial charge in [0.05, 0.1) is 15.2 Å². The molecule has 1 amide bonds. The standard InChI is InChI=1S/C15H10BrCl2N3O2S/c16-9-4-8(5-12-14(9)21-15(19)24-12)20-13(22)6-23-11-2-1-7(17)3-10(11)18/h1-5H,6H2,(H2,19,21)(H,20,22). The number of amides is 1. The van der Waals surface area contributed by atoms with Crippen LogP contribution >= 0.6 is 50.5 Å². The predicted molar refractivity (Wildman–Crippen MR) is 102 cm³/mol. The molecular weight excluding hydrogens is 437 g/mol. The SMILES string of the molecule is Nc1nc2c(Br)cc(NC(=O)COc3ccc(Cl)cc3Cl)cc2s1. The quantitative estimate of drug-likeness (QED) is 0.593. The van der Waals surface area contributed by atoms with E-state index in [9.17, 15) is 4.79 Å². The van der Waals surface area contributed by atoms with Crippen LogP contribution in [0.15, 0.2) is 34.8 Å². The molecule has 0 fully saturated rings. The van der Waals surface area contributed by atoms with Crippen molar-refractivity contribution in [3.63, 3.8) is 0 Å². The van der Waals surface area contributed by atoms with Gasteiger partial charge in [-0.2, -0.15) is 0 Å². The van der Waals surface area contributed by atoms with E-state index in [-0.39, 0.29) is 12.5 Å². The lowest BCUT2D eigenvalue weighted by atomic mass is 10.3. The molecule has 0 bridgehead atoms. The van der Waals surface area contributed by atoms with E-state index >= 15 is 0 Å².